The third-order valence-corrected chi connectivity index (χ3v) is 4.72. The third-order valence-electron chi connectivity index (χ3n) is 3.50. The second-order valence-electron chi connectivity index (χ2n) is 5.48. The van der Waals surface area contributed by atoms with E-state index in [0.29, 0.717) is 28.9 Å². The van der Waals surface area contributed by atoms with E-state index in [-0.39, 0.29) is 5.91 Å². The smallest absolute Gasteiger partial charge is 0.265 e. The molecule has 0 unspecified atom stereocenters. The summed E-state index contributed by atoms with van der Waals surface area (Å²) in [5.74, 6) is 1.33. The highest BCUT2D eigenvalue weighted by atomic mass is 35.5. The Hall–Kier alpha value is -2.50. The first-order chi connectivity index (χ1) is 12.6. The summed E-state index contributed by atoms with van der Waals surface area (Å²) < 4.78 is 11.1. The fourth-order valence-corrected chi connectivity index (χ4v) is 3.26. The molecule has 1 aromatic heterocycles. The summed E-state index contributed by atoms with van der Waals surface area (Å²) in [5.41, 5.74) is 1.66. The van der Waals surface area contributed by atoms with Gasteiger partial charge in [-0.1, -0.05) is 17.7 Å². The molecule has 0 radical (unpaired) electrons. The van der Waals surface area contributed by atoms with Crippen molar-refractivity contribution in [3.63, 3.8) is 0 Å². The Morgan fingerprint density at radius 3 is 2.62 bits per heavy atom. The number of benzene rings is 2. The molecule has 134 valence electrons. The lowest BCUT2D eigenvalue weighted by Crippen LogP contribution is -2.10. The molecule has 6 heteroatoms. The van der Waals surface area contributed by atoms with Crippen LogP contribution in [0, 0.1) is 0 Å². The Bertz CT molecular complexity index is 877. The molecular weight excluding hydrogens is 370 g/mol. The van der Waals surface area contributed by atoms with Crippen LogP contribution in [0.15, 0.2) is 60.0 Å². The zero-order chi connectivity index (χ0) is 18.4. The zero-order valence-corrected chi connectivity index (χ0v) is 15.8. The van der Waals surface area contributed by atoms with Gasteiger partial charge in [-0.2, -0.15) is 0 Å². The van der Waals surface area contributed by atoms with Crippen molar-refractivity contribution >= 4 is 34.5 Å². The van der Waals surface area contributed by atoms with Crippen LogP contribution in [-0.2, 0) is 6.61 Å². The number of amides is 1. The van der Waals surface area contributed by atoms with Crippen molar-refractivity contribution in [1.29, 1.82) is 0 Å². The van der Waals surface area contributed by atoms with E-state index in [1.165, 1.54) is 11.3 Å². The standard InChI is InChI=1S/C20H18ClNO3S/c1-2-24-17-8-6-16(7-9-17)22-20(23)19-10-14(13-26-19)12-25-18-5-3-4-15(21)11-18/h3-11,13H,2,12H2,1H3,(H,22,23). The molecule has 0 aliphatic heterocycles. The van der Waals surface area contributed by atoms with Gasteiger partial charge in [0.1, 0.15) is 18.1 Å². The van der Waals surface area contributed by atoms with Crippen LogP contribution in [0.3, 0.4) is 0 Å². The average molecular weight is 388 g/mol. The Balaban J connectivity index is 1.57. The highest BCUT2D eigenvalue weighted by molar-refractivity contribution is 7.12. The molecule has 0 aliphatic rings. The van der Waals surface area contributed by atoms with Crippen LogP contribution >= 0.6 is 22.9 Å². The van der Waals surface area contributed by atoms with Gasteiger partial charge in [0.2, 0.25) is 0 Å². The van der Waals surface area contributed by atoms with Gasteiger partial charge in [0, 0.05) is 16.3 Å². The number of thiophene rings is 1. The summed E-state index contributed by atoms with van der Waals surface area (Å²) in [6.45, 7) is 2.92. The summed E-state index contributed by atoms with van der Waals surface area (Å²) in [7, 11) is 0. The van der Waals surface area contributed by atoms with Gasteiger partial charge in [-0.3, -0.25) is 4.79 Å². The van der Waals surface area contributed by atoms with E-state index in [0.717, 1.165) is 17.0 Å². The maximum Gasteiger partial charge on any atom is 0.265 e. The highest BCUT2D eigenvalue weighted by Crippen LogP contribution is 2.22. The molecule has 0 aliphatic carbocycles. The fourth-order valence-electron chi connectivity index (χ4n) is 2.29. The van der Waals surface area contributed by atoms with Gasteiger partial charge in [-0.05, 0) is 60.8 Å². The highest BCUT2D eigenvalue weighted by Gasteiger charge is 2.10. The van der Waals surface area contributed by atoms with Gasteiger partial charge in [0.15, 0.2) is 0 Å². The minimum Gasteiger partial charge on any atom is -0.494 e. The van der Waals surface area contributed by atoms with Crippen molar-refractivity contribution < 1.29 is 14.3 Å². The van der Waals surface area contributed by atoms with Gasteiger partial charge in [0.05, 0.1) is 11.5 Å². The lowest BCUT2D eigenvalue weighted by Gasteiger charge is -2.06. The molecule has 1 N–H and O–H groups in total. The first-order valence-corrected chi connectivity index (χ1v) is 9.40. The normalized spacial score (nSPS) is 10.4. The fraction of sp³-hybridized carbons (Fsp3) is 0.150. The largest absolute Gasteiger partial charge is 0.494 e. The predicted octanol–water partition coefficient (Wildman–Crippen LogP) is 5.63. The van der Waals surface area contributed by atoms with E-state index in [1.807, 2.05) is 54.8 Å². The van der Waals surface area contributed by atoms with Gasteiger partial charge < -0.3 is 14.8 Å². The quantitative estimate of drug-likeness (QED) is 0.571. The summed E-state index contributed by atoms with van der Waals surface area (Å²) in [6, 6.07) is 16.4. The Labute approximate surface area is 161 Å². The molecule has 3 rings (SSSR count). The molecule has 2 aromatic carbocycles. The summed E-state index contributed by atoms with van der Waals surface area (Å²) >= 11 is 7.32. The number of hydrogen-bond acceptors (Lipinski definition) is 4. The molecule has 0 saturated carbocycles. The molecule has 0 spiro atoms. The second kappa shape index (κ2) is 8.74. The molecule has 1 heterocycles. The molecule has 0 bridgehead atoms. The lowest BCUT2D eigenvalue weighted by molar-refractivity contribution is 0.103. The van der Waals surface area contributed by atoms with E-state index >= 15 is 0 Å². The van der Waals surface area contributed by atoms with Crippen molar-refractivity contribution in [2.24, 2.45) is 0 Å². The third kappa shape index (κ3) is 5.00. The molecule has 3 aromatic rings. The summed E-state index contributed by atoms with van der Waals surface area (Å²) in [6.07, 6.45) is 0. The van der Waals surface area contributed by atoms with Gasteiger partial charge in [0.25, 0.3) is 5.91 Å². The number of halogens is 1. The summed E-state index contributed by atoms with van der Waals surface area (Å²) in [4.78, 5) is 13.0. The number of ether oxygens (including phenoxy) is 2. The Kier molecular flexibility index (Phi) is 6.15. The molecule has 1 amide bonds. The number of nitrogens with one attached hydrogen (secondary N) is 1. The van der Waals surface area contributed by atoms with E-state index in [2.05, 4.69) is 5.32 Å². The van der Waals surface area contributed by atoms with E-state index < -0.39 is 0 Å². The zero-order valence-electron chi connectivity index (χ0n) is 14.2. The lowest BCUT2D eigenvalue weighted by atomic mass is 10.3. The van der Waals surface area contributed by atoms with E-state index in [4.69, 9.17) is 21.1 Å². The average Bonchev–Trinajstić information content (AvgIpc) is 3.11. The minimum atomic E-state index is -0.145. The van der Waals surface area contributed by atoms with E-state index in [1.54, 1.807) is 12.1 Å². The first kappa shape index (κ1) is 18.3. The van der Waals surface area contributed by atoms with Gasteiger partial charge in [-0.15, -0.1) is 11.3 Å². The van der Waals surface area contributed by atoms with Crippen LogP contribution in [0.5, 0.6) is 11.5 Å². The number of hydrogen-bond donors (Lipinski definition) is 1. The number of carbonyl (C=O) groups excluding carboxylic acids is 1. The molecule has 0 fully saturated rings. The van der Waals surface area contributed by atoms with Crippen molar-refractivity contribution in [1.82, 2.24) is 0 Å². The van der Waals surface area contributed by atoms with Crippen LogP contribution in [0.4, 0.5) is 5.69 Å². The predicted molar refractivity (Wildman–Crippen MR) is 106 cm³/mol. The second-order valence-corrected chi connectivity index (χ2v) is 6.82. The summed E-state index contributed by atoms with van der Waals surface area (Å²) in [5, 5.41) is 5.42. The topological polar surface area (TPSA) is 47.6 Å². The Morgan fingerprint density at radius 2 is 1.88 bits per heavy atom. The number of anilines is 1. The maximum absolute atomic E-state index is 12.4. The molecule has 0 atom stereocenters. The number of carbonyl (C=O) groups is 1. The minimum absolute atomic E-state index is 0.145. The van der Waals surface area contributed by atoms with Crippen LogP contribution in [0.25, 0.3) is 0 Å². The molecule has 0 saturated heterocycles. The van der Waals surface area contributed by atoms with Crippen molar-refractivity contribution in [3.8, 4) is 11.5 Å². The van der Waals surface area contributed by atoms with Crippen LogP contribution < -0.4 is 14.8 Å². The van der Waals surface area contributed by atoms with Gasteiger partial charge >= 0.3 is 0 Å². The molecule has 26 heavy (non-hydrogen) atoms. The van der Waals surface area contributed by atoms with Crippen molar-refractivity contribution in [3.05, 3.63) is 75.4 Å². The van der Waals surface area contributed by atoms with Crippen molar-refractivity contribution in [2.45, 2.75) is 13.5 Å². The van der Waals surface area contributed by atoms with Crippen LogP contribution in [0.1, 0.15) is 22.2 Å². The monoisotopic (exact) mass is 387 g/mol. The van der Waals surface area contributed by atoms with Crippen LogP contribution in [-0.4, -0.2) is 12.5 Å². The SMILES string of the molecule is CCOc1ccc(NC(=O)c2cc(COc3cccc(Cl)c3)cs2)cc1. The Morgan fingerprint density at radius 1 is 1.08 bits per heavy atom. The number of rotatable bonds is 7. The van der Waals surface area contributed by atoms with E-state index in [9.17, 15) is 4.79 Å². The molecule has 4 nitrogen and oxygen atoms in total. The first-order valence-electron chi connectivity index (χ1n) is 8.14. The molecular formula is C20H18ClNO3S. The van der Waals surface area contributed by atoms with Crippen molar-refractivity contribution in [2.75, 3.05) is 11.9 Å². The van der Waals surface area contributed by atoms with Gasteiger partial charge in [-0.25, -0.2) is 0 Å². The van der Waals surface area contributed by atoms with Crippen LogP contribution in [0.2, 0.25) is 5.02 Å². The maximum atomic E-state index is 12.4.